The molecule has 1 atom stereocenters. The Hall–Kier alpha value is -1.51. The fraction of sp³-hybridized carbons (Fsp3) is 0.462. The largest absolute Gasteiger partial charge is 0.510 e. The SMILES string of the molecule is CCC1(c2ccccc2)OC(=O)OC1(C)C. The molecule has 3 heteroatoms. The molecule has 0 N–H and O–H groups in total. The van der Waals surface area contributed by atoms with Crippen molar-refractivity contribution in [1.82, 2.24) is 0 Å². The molecule has 1 unspecified atom stereocenters. The molecule has 1 aromatic carbocycles. The van der Waals surface area contributed by atoms with Crippen molar-refractivity contribution < 1.29 is 14.3 Å². The number of carbonyl (C=O) groups excluding carboxylic acids is 1. The minimum absolute atomic E-state index is 0.587. The molecule has 0 aliphatic carbocycles. The lowest BCUT2D eigenvalue weighted by molar-refractivity contribution is -0.0323. The number of hydrogen-bond acceptors (Lipinski definition) is 3. The van der Waals surface area contributed by atoms with Crippen LogP contribution in [-0.2, 0) is 15.1 Å². The summed E-state index contributed by atoms with van der Waals surface area (Å²) in [7, 11) is 0. The monoisotopic (exact) mass is 220 g/mol. The van der Waals surface area contributed by atoms with Gasteiger partial charge in [0.25, 0.3) is 0 Å². The lowest BCUT2D eigenvalue weighted by Gasteiger charge is -2.35. The fourth-order valence-electron chi connectivity index (χ4n) is 2.39. The van der Waals surface area contributed by atoms with Gasteiger partial charge in [0.15, 0.2) is 11.2 Å². The van der Waals surface area contributed by atoms with Gasteiger partial charge in [-0.15, -0.1) is 0 Å². The van der Waals surface area contributed by atoms with Gasteiger partial charge in [-0.25, -0.2) is 4.79 Å². The van der Waals surface area contributed by atoms with E-state index in [1.807, 2.05) is 51.1 Å². The molecule has 1 fully saturated rings. The van der Waals surface area contributed by atoms with Crippen LogP contribution in [0.5, 0.6) is 0 Å². The molecule has 1 heterocycles. The molecule has 1 aliphatic rings. The topological polar surface area (TPSA) is 35.5 Å². The van der Waals surface area contributed by atoms with E-state index in [0.717, 1.165) is 5.56 Å². The van der Waals surface area contributed by atoms with E-state index < -0.39 is 17.4 Å². The van der Waals surface area contributed by atoms with Crippen LogP contribution in [0.4, 0.5) is 4.79 Å². The molecule has 0 spiro atoms. The minimum atomic E-state index is -0.675. The van der Waals surface area contributed by atoms with Crippen molar-refractivity contribution in [2.24, 2.45) is 0 Å². The van der Waals surface area contributed by atoms with Gasteiger partial charge in [0.05, 0.1) is 0 Å². The van der Waals surface area contributed by atoms with Crippen LogP contribution in [0, 0.1) is 0 Å². The smallest absolute Gasteiger partial charge is 0.424 e. The van der Waals surface area contributed by atoms with E-state index in [2.05, 4.69) is 0 Å². The Morgan fingerprint density at radius 1 is 1.12 bits per heavy atom. The maximum atomic E-state index is 11.4. The fourth-order valence-corrected chi connectivity index (χ4v) is 2.39. The molecular weight excluding hydrogens is 204 g/mol. The van der Waals surface area contributed by atoms with Crippen LogP contribution in [0.25, 0.3) is 0 Å². The normalized spacial score (nSPS) is 27.3. The van der Waals surface area contributed by atoms with E-state index in [0.29, 0.717) is 6.42 Å². The van der Waals surface area contributed by atoms with E-state index in [4.69, 9.17) is 9.47 Å². The Bertz CT molecular complexity index is 397. The van der Waals surface area contributed by atoms with Gasteiger partial charge in [0.1, 0.15) is 0 Å². The standard InChI is InChI=1S/C13H16O3/c1-4-13(10-8-6-5-7-9-10)12(2,3)15-11(14)16-13/h5-9H,4H2,1-3H3. The average Bonchev–Trinajstić information content (AvgIpc) is 2.49. The van der Waals surface area contributed by atoms with Gasteiger partial charge in [0, 0.05) is 0 Å². The molecule has 0 bridgehead atoms. The Kier molecular flexibility index (Phi) is 2.41. The van der Waals surface area contributed by atoms with Crippen molar-refractivity contribution in [3.63, 3.8) is 0 Å². The van der Waals surface area contributed by atoms with Crippen LogP contribution in [0.2, 0.25) is 0 Å². The number of cyclic esters (lactones) is 2. The summed E-state index contributed by atoms with van der Waals surface area (Å²) in [6.45, 7) is 5.76. The van der Waals surface area contributed by atoms with Gasteiger partial charge in [0.2, 0.25) is 0 Å². The molecule has 1 aliphatic heterocycles. The third-order valence-electron chi connectivity index (χ3n) is 3.31. The number of hydrogen-bond donors (Lipinski definition) is 0. The van der Waals surface area contributed by atoms with Crippen LogP contribution < -0.4 is 0 Å². The molecular formula is C13H16O3. The molecule has 0 aromatic heterocycles. The molecule has 2 rings (SSSR count). The van der Waals surface area contributed by atoms with Crippen LogP contribution in [0.15, 0.2) is 30.3 Å². The summed E-state index contributed by atoms with van der Waals surface area (Å²) in [6.07, 6.45) is 0.103. The summed E-state index contributed by atoms with van der Waals surface area (Å²) in [5.74, 6) is 0. The predicted molar refractivity (Wildman–Crippen MR) is 60.1 cm³/mol. The Balaban J connectivity index is 2.52. The summed E-state index contributed by atoms with van der Waals surface area (Å²) < 4.78 is 10.7. The minimum Gasteiger partial charge on any atom is -0.424 e. The maximum Gasteiger partial charge on any atom is 0.510 e. The molecule has 0 radical (unpaired) electrons. The van der Waals surface area contributed by atoms with Gasteiger partial charge in [-0.2, -0.15) is 0 Å². The number of ether oxygens (including phenoxy) is 2. The van der Waals surface area contributed by atoms with Crippen LogP contribution in [0.1, 0.15) is 32.8 Å². The summed E-state index contributed by atoms with van der Waals surface area (Å²) in [4.78, 5) is 11.4. The van der Waals surface area contributed by atoms with Gasteiger partial charge in [-0.1, -0.05) is 37.3 Å². The molecule has 1 aromatic rings. The Morgan fingerprint density at radius 3 is 2.19 bits per heavy atom. The average molecular weight is 220 g/mol. The summed E-state index contributed by atoms with van der Waals surface area (Å²) >= 11 is 0. The van der Waals surface area contributed by atoms with E-state index in [1.54, 1.807) is 0 Å². The molecule has 16 heavy (non-hydrogen) atoms. The van der Waals surface area contributed by atoms with Crippen molar-refractivity contribution in [3.05, 3.63) is 35.9 Å². The summed E-state index contributed by atoms with van der Waals surface area (Å²) in [5, 5.41) is 0. The van der Waals surface area contributed by atoms with Gasteiger partial charge in [-0.05, 0) is 25.8 Å². The third kappa shape index (κ3) is 1.39. The lowest BCUT2D eigenvalue weighted by Crippen LogP contribution is -2.44. The van der Waals surface area contributed by atoms with Gasteiger partial charge >= 0.3 is 6.16 Å². The number of benzene rings is 1. The molecule has 1 saturated heterocycles. The Morgan fingerprint density at radius 2 is 1.75 bits per heavy atom. The quantitative estimate of drug-likeness (QED) is 0.718. The zero-order chi connectivity index (χ0) is 11.8. The second-order valence-corrected chi connectivity index (χ2v) is 4.51. The lowest BCUT2D eigenvalue weighted by atomic mass is 9.78. The van der Waals surface area contributed by atoms with Crippen molar-refractivity contribution in [2.45, 2.75) is 38.4 Å². The zero-order valence-corrected chi connectivity index (χ0v) is 9.82. The first-order valence-corrected chi connectivity index (χ1v) is 5.49. The third-order valence-corrected chi connectivity index (χ3v) is 3.31. The van der Waals surface area contributed by atoms with Crippen LogP contribution in [-0.4, -0.2) is 11.8 Å². The second kappa shape index (κ2) is 3.51. The summed E-state index contributed by atoms with van der Waals surface area (Å²) in [6, 6.07) is 9.75. The first-order valence-electron chi connectivity index (χ1n) is 5.49. The van der Waals surface area contributed by atoms with E-state index in [9.17, 15) is 4.79 Å². The highest BCUT2D eigenvalue weighted by Crippen LogP contribution is 2.46. The molecule has 3 nitrogen and oxygen atoms in total. The van der Waals surface area contributed by atoms with Gasteiger partial charge < -0.3 is 9.47 Å². The van der Waals surface area contributed by atoms with Crippen molar-refractivity contribution in [2.75, 3.05) is 0 Å². The van der Waals surface area contributed by atoms with E-state index >= 15 is 0 Å². The van der Waals surface area contributed by atoms with Crippen molar-refractivity contribution in [1.29, 1.82) is 0 Å². The zero-order valence-electron chi connectivity index (χ0n) is 9.82. The van der Waals surface area contributed by atoms with Crippen molar-refractivity contribution in [3.8, 4) is 0 Å². The number of rotatable bonds is 2. The van der Waals surface area contributed by atoms with E-state index in [-0.39, 0.29) is 0 Å². The van der Waals surface area contributed by atoms with Crippen LogP contribution in [0.3, 0.4) is 0 Å². The summed E-state index contributed by atoms with van der Waals surface area (Å²) in [5.41, 5.74) is -0.334. The molecule has 0 saturated carbocycles. The van der Waals surface area contributed by atoms with Crippen LogP contribution >= 0.6 is 0 Å². The molecule has 86 valence electrons. The second-order valence-electron chi connectivity index (χ2n) is 4.51. The predicted octanol–water partition coefficient (Wildman–Crippen LogP) is 3.24. The maximum absolute atomic E-state index is 11.4. The number of carbonyl (C=O) groups is 1. The van der Waals surface area contributed by atoms with E-state index in [1.165, 1.54) is 0 Å². The highest BCUT2D eigenvalue weighted by molar-refractivity contribution is 5.65. The highest BCUT2D eigenvalue weighted by atomic mass is 16.8. The van der Waals surface area contributed by atoms with Gasteiger partial charge in [-0.3, -0.25) is 0 Å². The molecule has 0 amide bonds. The first-order chi connectivity index (χ1) is 7.52. The first kappa shape index (κ1) is 11.0. The Labute approximate surface area is 95.4 Å². The highest BCUT2D eigenvalue weighted by Gasteiger charge is 2.57. The van der Waals surface area contributed by atoms with Crippen molar-refractivity contribution >= 4 is 6.16 Å².